The molecule has 1 saturated heterocycles. The summed E-state index contributed by atoms with van der Waals surface area (Å²) in [5, 5.41) is 0. The molecule has 1 atom stereocenters. The van der Waals surface area contributed by atoms with Crippen LogP contribution in [0.5, 0.6) is 0 Å². The number of amides is 1. The van der Waals surface area contributed by atoms with Gasteiger partial charge in [0.1, 0.15) is 17.7 Å². The summed E-state index contributed by atoms with van der Waals surface area (Å²) in [5.41, 5.74) is 3.30. The second kappa shape index (κ2) is 5.46. The molecule has 4 heterocycles. The lowest BCUT2D eigenvalue weighted by atomic mass is 10.1. The first-order chi connectivity index (χ1) is 11.2. The van der Waals surface area contributed by atoms with Gasteiger partial charge in [0.05, 0.1) is 11.7 Å². The smallest absolute Gasteiger partial charge is 0.274 e. The minimum absolute atomic E-state index is 0.0112. The predicted octanol–water partition coefficient (Wildman–Crippen LogP) is 2.41. The van der Waals surface area contributed by atoms with Crippen LogP contribution in [0.25, 0.3) is 5.65 Å². The molecule has 6 heteroatoms. The molecule has 0 aliphatic carbocycles. The maximum absolute atomic E-state index is 12.9. The van der Waals surface area contributed by atoms with E-state index in [-0.39, 0.29) is 11.9 Å². The highest BCUT2D eigenvalue weighted by Gasteiger charge is 2.32. The highest BCUT2D eigenvalue weighted by Crippen LogP contribution is 2.31. The Morgan fingerprint density at radius 3 is 3.00 bits per heavy atom. The number of aromatic nitrogens is 4. The van der Waals surface area contributed by atoms with Crippen molar-refractivity contribution in [1.29, 1.82) is 0 Å². The summed E-state index contributed by atoms with van der Waals surface area (Å²) in [7, 11) is 0. The Hall–Kier alpha value is -2.76. The molecule has 0 bridgehead atoms. The van der Waals surface area contributed by atoms with Gasteiger partial charge in [0.15, 0.2) is 0 Å². The number of likely N-dealkylation sites (tertiary alicyclic amines) is 1. The average molecular weight is 307 g/mol. The van der Waals surface area contributed by atoms with Crippen LogP contribution in [-0.4, -0.2) is 36.7 Å². The minimum Gasteiger partial charge on any atom is -0.329 e. The van der Waals surface area contributed by atoms with Crippen LogP contribution in [0.1, 0.15) is 40.6 Å². The van der Waals surface area contributed by atoms with Crippen molar-refractivity contribution in [3.05, 3.63) is 60.1 Å². The van der Waals surface area contributed by atoms with Gasteiger partial charge in [-0.2, -0.15) is 0 Å². The standard InChI is InChI=1S/C17H17N5O/c1-12-4-5-16-20-14(10-21(16)9-12)17(23)22-8-2-3-15(22)13-6-7-18-11-19-13/h4-7,9-11,15H,2-3,8H2,1H3/t15-/m1/s1. The molecular formula is C17H17N5O. The quantitative estimate of drug-likeness (QED) is 0.729. The van der Waals surface area contributed by atoms with Crippen LogP contribution in [0.4, 0.5) is 0 Å². The van der Waals surface area contributed by atoms with E-state index in [0.717, 1.165) is 36.3 Å². The summed E-state index contributed by atoms with van der Waals surface area (Å²) in [4.78, 5) is 27.5. The van der Waals surface area contributed by atoms with Crippen molar-refractivity contribution in [1.82, 2.24) is 24.3 Å². The van der Waals surface area contributed by atoms with E-state index in [9.17, 15) is 4.79 Å². The second-order valence-electron chi connectivity index (χ2n) is 5.89. The van der Waals surface area contributed by atoms with Gasteiger partial charge in [-0.15, -0.1) is 0 Å². The third kappa shape index (κ3) is 2.46. The molecule has 1 aliphatic heterocycles. The largest absolute Gasteiger partial charge is 0.329 e. The summed E-state index contributed by atoms with van der Waals surface area (Å²) in [5.74, 6) is -0.0348. The van der Waals surface area contributed by atoms with E-state index in [1.807, 2.05) is 40.6 Å². The Balaban J connectivity index is 1.66. The van der Waals surface area contributed by atoms with Crippen LogP contribution in [0.3, 0.4) is 0 Å². The number of imidazole rings is 1. The molecule has 0 spiro atoms. The molecule has 1 aliphatic rings. The summed E-state index contributed by atoms with van der Waals surface area (Å²) in [6.45, 7) is 2.76. The van der Waals surface area contributed by atoms with Crippen molar-refractivity contribution in [2.45, 2.75) is 25.8 Å². The van der Waals surface area contributed by atoms with E-state index >= 15 is 0 Å². The van der Waals surface area contributed by atoms with Gasteiger partial charge in [0, 0.05) is 25.1 Å². The number of nitrogens with zero attached hydrogens (tertiary/aromatic N) is 5. The first-order valence-corrected chi connectivity index (χ1v) is 7.74. The Labute approximate surface area is 133 Å². The molecule has 1 fully saturated rings. The number of carbonyl (C=O) groups excluding carboxylic acids is 1. The molecule has 116 valence electrons. The highest BCUT2D eigenvalue weighted by atomic mass is 16.2. The molecule has 3 aromatic heterocycles. The number of hydrogen-bond donors (Lipinski definition) is 0. The summed E-state index contributed by atoms with van der Waals surface area (Å²) in [6, 6.07) is 5.81. The van der Waals surface area contributed by atoms with Crippen molar-refractivity contribution < 1.29 is 4.79 Å². The lowest BCUT2D eigenvalue weighted by Crippen LogP contribution is -2.31. The molecule has 23 heavy (non-hydrogen) atoms. The van der Waals surface area contributed by atoms with Crippen LogP contribution in [0.2, 0.25) is 0 Å². The molecule has 3 aromatic rings. The fourth-order valence-corrected chi connectivity index (χ4v) is 3.17. The number of rotatable bonds is 2. The molecule has 1 amide bonds. The molecule has 4 rings (SSSR count). The SMILES string of the molecule is Cc1ccc2nc(C(=O)N3CCC[C@@H]3c3ccncn3)cn2c1. The van der Waals surface area contributed by atoms with Gasteiger partial charge in [-0.3, -0.25) is 4.79 Å². The van der Waals surface area contributed by atoms with E-state index in [2.05, 4.69) is 15.0 Å². The number of aryl methyl sites for hydroxylation is 1. The molecule has 0 unspecified atom stereocenters. The van der Waals surface area contributed by atoms with Crippen molar-refractivity contribution in [3.63, 3.8) is 0 Å². The van der Waals surface area contributed by atoms with Crippen LogP contribution in [0.15, 0.2) is 43.1 Å². The zero-order valence-electron chi connectivity index (χ0n) is 12.9. The predicted molar refractivity (Wildman–Crippen MR) is 85.0 cm³/mol. The fraction of sp³-hybridized carbons (Fsp3) is 0.294. The lowest BCUT2D eigenvalue weighted by Gasteiger charge is -2.23. The van der Waals surface area contributed by atoms with Gasteiger partial charge in [-0.05, 0) is 37.5 Å². The van der Waals surface area contributed by atoms with Gasteiger partial charge in [0.2, 0.25) is 0 Å². The average Bonchev–Trinajstić information content (AvgIpc) is 3.21. The molecule has 0 aromatic carbocycles. The van der Waals surface area contributed by atoms with Crippen molar-refractivity contribution in [2.24, 2.45) is 0 Å². The number of hydrogen-bond acceptors (Lipinski definition) is 4. The summed E-state index contributed by atoms with van der Waals surface area (Å²) >= 11 is 0. The monoisotopic (exact) mass is 307 g/mol. The van der Waals surface area contributed by atoms with Crippen LogP contribution in [0, 0.1) is 6.92 Å². The molecule has 6 nitrogen and oxygen atoms in total. The Bertz CT molecular complexity index is 858. The second-order valence-corrected chi connectivity index (χ2v) is 5.89. The number of carbonyl (C=O) groups is 1. The molecule has 0 radical (unpaired) electrons. The first kappa shape index (κ1) is 13.9. The van der Waals surface area contributed by atoms with Gasteiger partial charge in [-0.1, -0.05) is 6.07 Å². The number of pyridine rings is 1. The fourth-order valence-electron chi connectivity index (χ4n) is 3.17. The van der Waals surface area contributed by atoms with Gasteiger partial charge < -0.3 is 9.30 Å². The molecule has 0 saturated carbocycles. The van der Waals surface area contributed by atoms with Crippen molar-refractivity contribution in [3.8, 4) is 0 Å². The van der Waals surface area contributed by atoms with E-state index < -0.39 is 0 Å². The number of fused-ring (bicyclic) bond motifs is 1. The van der Waals surface area contributed by atoms with E-state index in [1.165, 1.54) is 6.33 Å². The van der Waals surface area contributed by atoms with Crippen LogP contribution < -0.4 is 0 Å². The van der Waals surface area contributed by atoms with E-state index in [4.69, 9.17) is 0 Å². The highest BCUT2D eigenvalue weighted by molar-refractivity contribution is 5.93. The van der Waals surface area contributed by atoms with Crippen LogP contribution >= 0.6 is 0 Å². The molecule has 0 N–H and O–H groups in total. The third-order valence-corrected chi connectivity index (χ3v) is 4.28. The summed E-state index contributed by atoms with van der Waals surface area (Å²) < 4.78 is 1.90. The van der Waals surface area contributed by atoms with Gasteiger partial charge >= 0.3 is 0 Å². The first-order valence-electron chi connectivity index (χ1n) is 7.74. The zero-order valence-corrected chi connectivity index (χ0v) is 12.9. The van der Waals surface area contributed by atoms with E-state index in [0.29, 0.717) is 5.69 Å². The van der Waals surface area contributed by atoms with Gasteiger partial charge in [0.25, 0.3) is 5.91 Å². The zero-order chi connectivity index (χ0) is 15.8. The minimum atomic E-state index is -0.0348. The van der Waals surface area contributed by atoms with Gasteiger partial charge in [-0.25, -0.2) is 15.0 Å². The third-order valence-electron chi connectivity index (χ3n) is 4.28. The lowest BCUT2D eigenvalue weighted by molar-refractivity contribution is 0.0727. The maximum Gasteiger partial charge on any atom is 0.274 e. The Morgan fingerprint density at radius 2 is 2.17 bits per heavy atom. The van der Waals surface area contributed by atoms with Crippen molar-refractivity contribution in [2.75, 3.05) is 6.54 Å². The Morgan fingerprint density at radius 1 is 1.26 bits per heavy atom. The Kier molecular flexibility index (Phi) is 3.29. The van der Waals surface area contributed by atoms with E-state index in [1.54, 1.807) is 12.4 Å². The van der Waals surface area contributed by atoms with Crippen LogP contribution in [-0.2, 0) is 0 Å². The summed E-state index contributed by atoms with van der Waals surface area (Å²) in [6.07, 6.45) is 8.94. The molecular weight excluding hydrogens is 290 g/mol. The topological polar surface area (TPSA) is 63.4 Å². The van der Waals surface area contributed by atoms with Crippen molar-refractivity contribution >= 4 is 11.6 Å². The normalized spacial score (nSPS) is 17.8. The maximum atomic E-state index is 12.9.